The molecule has 3 aromatic carbocycles. The number of non-ortho nitro benzene ring substituents is 2. The number of hydrogen-bond donors (Lipinski definition) is 2. The van der Waals surface area contributed by atoms with E-state index < -0.39 is 49.3 Å². The average Bonchev–Trinajstić information content (AvgIpc) is 2.89. The highest BCUT2D eigenvalue weighted by Gasteiger charge is 2.23. The summed E-state index contributed by atoms with van der Waals surface area (Å²) in [7, 11) is 0. The molecule has 0 aliphatic rings. The number of hydrazone groups is 1. The number of phenols is 1. The van der Waals surface area contributed by atoms with Crippen molar-refractivity contribution in [1.82, 2.24) is 5.43 Å². The van der Waals surface area contributed by atoms with E-state index in [0.717, 1.165) is 12.3 Å². The summed E-state index contributed by atoms with van der Waals surface area (Å²) in [5, 5.41) is 46.7. The highest BCUT2D eigenvalue weighted by molar-refractivity contribution is 6.41. The lowest BCUT2D eigenvalue weighted by molar-refractivity contribution is -0.394. The summed E-state index contributed by atoms with van der Waals surface area (Å²) in [6.07, 6.45) is 0.515. The number of carbonyl (C=O) groups is 2. The van der Waals surface area contributed by atoms with Crippen LogP contribution < -0.4 is 5.43 Å². The first kappa shape index (κ1) is 26.7. The van der Waals surface area contributed by atoms with Gasteiger partial charge in [0.25, 0.3) is 23.2 Å². The average molecular weight is 520 g/mol. The van der Waals surface area contributed by atoms with Crippen LogP contribution in [0.25, 0.3) is 0 Å². The van der Waals surface area contributed by atoms with Gasteiger partial charge in [-0.25, -0.2) is 10.4 Å². The molecule has 0 heterocycles. The number of nitrogens with one attached hydrogen (secondary N) is 1. The van der Waals surface area contributed by atoms with Crippen molar-refractivity contribution in [3.63, 3.8) is 0 Å². The van der Waals surface area contributed by atoms with Crippen LogP contribution in [0.5, 0.6) is 5.75 Å². The molecule has 0 radical (unpaired) electrons. The van der Waals surface area contributed by atoms with Crippen LogP contribution in [0.1, 0.15) is 21.5 Å². The normalized spacial score (nSPS) is 11.2. The van der Waals surface area contributed by atoms with E-state index in [-0.39, 0.29) is 23.4 Å². The zero-order valence-corrected chi connectivity index (χ0v) is 19.1. The van der Waals surface area contributed by atoms with Crippen LogP contribution in [0.15, 0.2) is 76.8 Å². The van der Waals surface area contributed by atoms with Crippen LogP contribution in [-0.2, 0) is 11.2 Å². The molecule has 0 spiro atoms. The lowest BCUT2D eigenvalue weighted by Gasteiger charge is -2.06. The van der Waals surface area contributed by atoms with Crippen LogP contribution in [0.4, 0.5) is 17.1 Å². The summed E-state index contributed by atoms with van der Waals surface area (Å²) in [6.45, 7) is 0. The number of amides is 2. The highest BCUT2D eigenvalue weighted by Crippen LogP contribution is 2.33. The summed E-state index contributed by atoms with van der Waals surface area (Å²) >= 11 is 0. The first-order chi connectivity index (χ1) is 18.1. The SMILES string of the molecule is O=C(N/N=C/c1cc([N+](=O)[O-])cc([N+](=O)[O-])c1O)C(Cc1ccc([N+](=O)[O-])cc1)=NC(=O)c1ccccc1. The van der Waals surface area contributed by atoms with Gasteiger partial charge in [0.1, 0.15) is 5.71 Å². The molecule has 0 saturated carbocycles. The first-order valence-corrected chi connectivity index (χ1v) is 10.5. The van der Waals surface area contributed by atoms with Gasteiger partial charge in [0, 0.05) is 30.2 Å². The largest absolute Gasteiger partial charge is 0.502 e. The van der Waals surface area contributed by atoms with Crippen molar-refractivity contribution < 1.29 is 29.5 Å². The van der Waals surface area contributed by atoms with E-state index in [1.807, 2.05) is 0 Å². The summed E-state index contributed by atoms with van der Waals surface area (Å²) in [4.78, 5) is 59.8. The molecule has 0 aliphatic heterocycles. The quantitative estimate of drug-likeness (QED) is 0.240. The smallest absolute Gasteiger partial charge is 0.318 e. The predicted octanol–water partition coefficient (Wildman–Crippen LogP) is 3.09. The highest BCUT2D eigenvalue weighted by atomic mass is 16.6. The maximum Gasteiger partial charge on any atom is 0.318 e. The van der Waals surface area contributed by atoms with Crippen molar-refractivity contribution in [1.29, 1.82) is 0 Å². The molecule has 0 atom stereocenters. The summed E-state index contributed by atoms with van der Waals surface area (Å²) in [6, 6.07) is 14.3. The van der Waals surface area contributed by atoms with E-state index in [4.69, 9.17) is 0 Å². The number of carbonyl (C=O) groups excluding carboxylic acids is 2. The Morgan fingerprint density at radius 3 is 2.08 bits per heavy atom. The number of nitrogens with zero attached hydrogens (tertiary/aromatic N) is 5. The maximum atomic E-state index is 12.8. The molecule has 0 saturated heterocycles. The summed E-state index contributed by atoms with van der Waals surface area (Å²) in [5.74, 6) is -2.66. The number of aromatic hydroxyl groups is 1. The van der Waals surface area contributed by atoms with E-state index in [1.165, 1.54) is 36.4 Å². The molecule has 0 unspecified atom stereocenters. The van der Waals surface area contributed by atoms with Crippen molar-refractivity contribution >= 4 is 40.8 Å². The van der Waals surface area contributed by atoms with Crippen LogP contribution in [0.3, 0.4) is 0 Å². The fourth-order valence-electron chi connectivity index (χ4n) is 3.06. The van der Waals surface area contributed by atoms with E-state index in [2.05, 4.69) is 15.5 Å². The Morgan fingerprint density at radius 1 is 0.868 bits per heavy atom. The van der Waals surface area contributed by atoms with E-state index in [1.54, 1.807) is 18.2 Å². The van der Waals surface area contributed by atoms with Crippen LogP contribution in [0, 0.1) is 30.3 Å². The van der Waals surface area contributed by atoms with Crippen molar-refractivity contribution in [3.8, 4) is 5.75 Å². The second-order valence-corrected chi connectivity index (χ2v) is 7.45. The third-order valence-corrected chi connectivity index (χ3v) is 4.92. The van der Waals surface area contributed by atoms with Gasteiger partial charge in [-0.2, -0.15) is 5.10 Å². The minimum atomic E-state index is -1.03. The Hall–Kier alpha value is -5.86. The minimum absolute atomic E-state index is 0.179. The zero-order chi connectivity index (χ0) is 27.8. The van der Waals surface area contributed by atoms with Gasteiger partial charge in [0.05, 0.1) is 32.6 Å². The van der Waals surface area contributed by atoms with Crippen LogP contribution >= 0.6 is 0 Å². The van der Waals surface area contributed by atoms with Crippen molar-refractivity contribution in [2.75, 3.05) is 0 Å². The summed E-state index contributed by atoms with van der Waals surface area (Å²) in [5.41, 5.74) is 0.0410. The Kier molecular flexibility index (Phi) is 8.24. The van der Waals surface area contributed by atoms with Gasteiger partial charge in [-0.3, -0.25) is 39.9 Å². The Bertz CT molecular complexity index is 1490. The molecular weight excluding hydrogens is 504 g/mol. The number of hydrogen-bond acceptors (Lipinski definition) is 10. The Labute approximate surface area is 212 Å². The number of nitro groups is 3. The monoisotopic (exact) mass is 520 g/mol. The number of nitro benzene ring substituents is 3. The molecule has 2 N–H and O–H groups in total. The van der Waals surface area contributed by atoms with E-state index in [0.29, 0.717) is 11.6 Å². The fourth-order valence-corrected chi connectivity index (χ4v) is 3.06. The van der Waals surface area contributed by atoms with Gasteiger partial charge in [0.2, 0.25) is 5.75 Å². The van der Waals surface area contributed by atoms with Gasteiger partial charge >= 0.3 is 5.69 Å². The minimum Gasteiger partial charge on any atom is -0.502 e. The topological polar surface area (TPSA) is 221 Å². The van der Waals surface area contributed by atoms with Crippen LogP contribution in [0.2, 0.25) is 0 Å². The molecule has 3 aromatic rings. The third kappa shape index (κ3) is 6.63. The molecule has 0 aliphatic carbocycles. The lowest BCUT2D eigenvalue weighted by atomic mass is 10.1. The molecule has 15 heteroatoms. The Balaban J connectivity index is 1.90. The second-order valence-electron chi connectivity index (χ2n) is 7.45. The predicted molar refractivity (Wildman–Crippen MR) is 132 cm³/mol. The number of phenolic OH excluding ortho intramolecular Hbond substituents is 1. The molecular formula is C23H16N6O9. The van der Waals surface area contributed by atoms with Crippen molar-refractivity contribution in [2.24, 2.45) is 10.1 Å². The molecule has 2 amide bonds. The van der Waals surface area contributed by atoms with Gasteiger partial charge < -0.3 is 5.11 Å². The number of aliphatic imine (C=N–C) groups is 1. The molecule has 0 fully saturated rings. The van der Waals surface area contributed by atoms with Gasteiger partial charge in [-0.1, -0.05) is 30.3 Å². The fraction of sp³-hybridized carbons (Fsp3) is 0.0435. The van der Waals surface area contributed by atoms with Crippen LogP contribution in [-0.4, -0.2) is 43.6 Å². The lowest BCUT2D eigenvalue weighted by Crippen LogP contribution is -2.29. The second kappa shape index (κ2) is 11.7. The molecule has 0 bridgehead atoms. The molecule has 192 valence electrons. The zero-order valence-electron chi connectivity index (χ0n) is 19.1. The van der Waals surface area contributed by atoms with E-state index >= 15 is 0 Å². The molecule has 38 heavy (non-hydrogen) atoms. The molecule has 3 rings (SSSR count). The standard InChI is InChI=1S/C23H16N6O9/c30-21-16(11-18(28(35)36)12-20(21)29(37)38)13-24-26-23(32)19(25-22(31)15-4-2-1-3-5-15)10-14-6-8-17(9-7-14)27(33)34/h1-9,11-13,30H,10H2,(H,26,32)/b24-13+,25-19?. The first-order valence-electron chi connectivity index (χ1n) is 10.5. The van der Waals surface area contributed by atoms with Gasteiger partial charge in [-0.15, -0.1) is 0 Å². The van der Waals surface area contributed by atoms with Gasteiger partial charge in [0.15, 0.2) is 0 Å². The van der Waals surface area contributed by atoms with E-state index in [9.17, 15) is 45.0 Å². The number of rotatable bonds is 9. The van der Waals surface area contributed by atoms with Gasteiger partial charge in [-0.05, 0) is 17.7 Å². The molecule has 15 nitrogen and oxygen atoms in total. The van der Waals surface area contributed by atoms with Crippen molar-refractivity contribution in [2.45, 2.75) is 6.42 Å². The summed E-state index contributed by atoms with van der Waals surface area (Å²) < 4.78 is 0. The molecule has 0 aromatic heterocycles. The van der Waals surface area contributed by atoms with Crippen molar-refractivity contribution in [3.05, 3.63) is 114 Å². The maximum absolute atomic E-state index is 12.8. The Morgan fingerprint density at radius 2 is 1.50 bits per heavy atom. The number of benzene rings is 3. The third-order valence-electron chi connectivity index (χ3n) is 4.92.